The van der Waals surface area contributed by atoms with Crippen LogP contribution < -0.4 is 5.32 Å². The smallest absolute Gasteiger partial charge is 0.256 e. The SMILES string of the molecule is CCNc1cc(C)ccc1C(=O)N1CCCC1CC. The predicted molar refractivity (Wildman–Crippen MR) is 79.7 cm³/mol. The van der Waals surface area contributed by atoms with Gasteiger partial charge in [-0.05, 0) is 50.8 Å². The molecule has 1 atom stereocenters. The van der Waals surface area contributed by atoms with Crippen molar-refractivity contribution in [2.45, 2.75) is 46.1 Å². The summed E-state index contributed by atoms with van der Waals surface area (Å²) in [5.41, 5.74) is 2.96. The summed E-state index contributed by atoms with van der Waals surface area (Å²) >= 11 is 0. The molecule has 1 amide bonds. The summed E-state index contributed by atoms with van der Waals surface area (Å²) < 4.78 is 0. The maximum absolute atomic E-state index is 12.7. The summed E-state index contributed by atoms with van der Waals surface area (Å²) in [5, 5.41) is 3.31. The fraction of sp³-hybridized carbons (Fsp3) is 0.562. The van der Waals surface area contributed by atoms with Crippen LogP contribution in [0.4, 0.5) is 5.69 Å². The van der Waals surface area contributed by atoms with Gasteiger partial charge in [0.2, 0.25) is 0 Å². The Kier molecular flexibility index (Phi) is 4.46. The molecule has 1 saturated heterocycles. The highest BCUT2D eigenvalue weighted by Gasteiger charge is 2.29. The van der Waals surface area contributed by atoms with E-state index in [1.807, 2.05) is 17.0 Å². The van der Waals surface area contributed by atoms with E-state index < -0.39 is 0 Å². The summed E-state index contributed by atoms with van der Waals surface area (Å²) in [4.78, 5) is 14.8. The molecule has 104 valence electrons. The van der Waals surface area contributed by atoms with Crippen molar-refractivity contribution in [3.8, 4) is 0 Å². The van der Waals surface area contributed by atoms with Crippen LogP contribution >= 0.6 is 0 Å². The van der Waals surface area contributed by atoms with E-state index in [2.05, 4.69) is 32.2 Å². The fourth-order valence-corrected chi connectivity index (χ4v) is 2.86. The monoisotopic (exact) mass is 260 g/mol. The second kappa shape index (κ2) is 6.09. The average Bonchev–Trinajstić information content (AvgIpc) is 2.87. The molecule has 1 aliphatic rings. The van der Waals surface area contributed by atoms with E-state index in [0.717, 1.165) is 43.6 Å². The Morgan fingerprint density at radius 2 is 2.21 bits per heavy atom. The van der Waals surface area contributed by atoms with Gasteiger partial charge in [0.1, 0.15) is 0 Å². The van der Waals surface area contributed by atoms with Crippen molar-refractivity contribution in [2.24, 2.45) is 0 Å². The van der Waals surface area contributed by atoms with Gasteiger partial charge in [0, 0.05) is 24.8 Å². The minimum absolute atomic E-state index is 0.181. The minimum Gasteiger partial charge on any atom is -0.385 e. The minimum atomic E-state index is 0.181. The third kappa shape index (κ3) is 2.91. The molecule has 3 heteroatoms. The maximum atomic E-state index is 12.7. The number of benzene rings is 1. The molecule has 1 aromatic carbocycles. The van der Waals surface area contributed by atoms with Crippen LogP contribution in [0, 0.1) is 6.92 Å². The molecule has 1 unspecified atom stereocenters. The first-order chi connectivity index (χ1) is 9.17. The Bertz CT molecular complexity index is 456. The van der Waals surface area contributed by atoms with Crippen molar-refractivity contribution >= 4 is 11.6 Å². The van der Waals surface area contributed by atoms with Gasteiger partial charge in [0.25, 0.3) is 5.91 Å². The Balaban J connectivity index is 2.27. The van der Waals surface area contributed by atoms with Crippen LogP contribution in [0.25, 0.3) is 0 Å². The second-order valence-electron chi connectivity index (χ2n) is 5.28. The highest BCUT2D eigenvalue weighted by atomic mass is 16.2. The summed E-state index contributed by atoms with van der Waals surface area (Å²) in [6.07, 6.45) is 3.32. The van der Waals surface area contributed by atoms with Crippen LogP contribution in [0.3, 0.4) is 0 Å². The first-order valence-electron chi connectivity index (χ1n) is 7.32. The van der Waals surface area contributed by atoms with Crippen LogP contribution in [-0.4, -0.2) is 29.9 Å². The van der Waals surface area contributed by atoms with E-state index in [-0.39, 0.29) is 5.91 Å². The molecule has 1 aromatic rings. The van der Waals surface area contributed by atoms with Crippen molar-refractivity contribution < 1.29 is 4.79 Å². The number of amides is 1. The lowest BCUT2D eigenvalue weighted by atomic mass is 10.1. The number of likely N-dealkylation sites (tertiary alicyclic amines) is 1. The van der Waals surface area contributed by atoms with Gasteiger partial charge in [0.15, 0.2) is 0 Å². The second-order valence-corrected chi connectivity index (χ2v) is 5.28. The standard InChI is InChI=1S/C16H24N2O/c1-4-13-7-6-10-18(13)16(19)14-9-8-12(3)11-15(14)17-5-2/h8-9,11,13,17H,4-7,10H2,1-3H3. The lowest BCUT2D eigenvalue weighted by Gasteiger charge is -2.25. The molecule has 0 spiro atoms. The topological polar surface area (TPSA) is 32.3 Å². The van der Waals surface area contributed by atoms with Crippen LogP contribution in [0.15, 0.2) is 18.2 Å². The fourth-order valence-electron chi connectivity index (χ4n) is 2.86. The van der Waals surface area contributed by atoms with Crippen LogP contribution in [0.5, 0.6) is 0 Å². The van der Waals surface area contributed by atoms with Gasteiger partial charge in [-0.25, -0.2) is 0 Å². The molecule has 3 nitrogen and oxygen atoms in total. The first-order valence-corrected chi connectivity index (χ1v) is 7.32. The molecule has 1 aliphatic heterocycles. The first kappa shape index (κ1) is 13.9. The Hall–Kier alpha value is -1.51. The van der Waals surface area contributed by atoms with E-state index in [1.54, 1.807) is 0 Å². The molecule has 0 bridgehead atoms. The Morgan fingerprint density at radius 1 is 1.42 bits per heavy atom. The van der Waals surface area contributed by atoms with Gasteiger partial charge in [-0.1, -0.05) is 13.0 Å². The zero-order valence-corrected chi connectivity index (χ0v) is 12.2. The third-order valence-electron chi connectivity index (χ3n) is 3.88. The number of carbonyl (C=O) groups is 1. The molecule has 0 aromatic heterocycles. The number of rotatable bonds is 4. The van der Waals surface area contributed by atoms with Crippen molar-refractivity contribution in [1.82, 2.24) is 4.90 Å². The molecule has 1 fully saturated rings. The van der Waals surface area contributed by atoms with Gasteiger partial charge in [-0.3, -0.25) is 4.79 Å². The average molecular weight is 260 g/mol. The third-order valence-corrected chi connectivity index (χ3v) is 3.88. The lowest BCUT2D eigenvalue weighted by Crippen LogP contribution is -2.35. The van der Waals surface area contributed by atoms with Gasteiger partial charge >= 0.3 is 0 Å². The van der Waals surface area contributed by atoms with E-state index in [9.17, 15) is 4.79 Å². The number of aryl methyl sites for hydroxylation is 1. The molecule has 19 heavy (non-hydrogen) atoms. The van der Waals surface area contributed by atoms with Crippen LogP contribution in [0.2, 0.25) is 0 Å². The zero-order chi connectivity index (χ0) is 13.8. The van der Waals surface area contributed by atoms with Crippen molar-refractivity contribution in [2.75, 3.05) is 18.4 Å². The summed E-state index contributed by atoms with van der Waals surface area (Å²) in [7, 11) is 0. The molecule has 0 saturated carbocycles. The van der Waals surface area contributed by atoms with Crippen molar-refractivity contribution in [3.63, 3.8) is 0 Å². The Labute approximate surface area is 116 Å². The Morgan fingerprint density at radius 3 is 2.89 bits per heavy atom. The number of nitrogens with one attached hydrogen (secondary N) is 1. The highest BCUT2D eigenvalue weighted by Crippen LogP contribution is 2.26. The summed E-state index contributed by atoms with van der Waals surface area (Å²) in [5.74, 6) is 0.181. The summed E-state index contributed by atoms with van der Waals surface area (Å²) in [6.45, 7) is 8.01. The van der Waals surface area contributed by atoms with Crippen LogP contribution in [0.1, 0.15) is 49.0 Å². The van der Waals surface area contributed by atoms with E-state index >= 15 is 0 Å². The molecule has 2 rings (SSSR count). The number of hydrogen-bond donors (Lipinski definition) is 1. The van der Waals surface area contributed by atoms with Gasteiger partial charge in [-0.15, -0.1) is 0 Å². The van der Waals surface area contributed by atoms with Gasteiger partial charge in [0.05, 0.1) is 5.56 Å². The number of nitrogens with zero attached hydrogens (tertiary/aromatic N) is 1. The maximum Gasteiger partial charge on any atom is 0.256 e. The number of anilines is 1. The lowest BCUT2D eigenvalue weighted by molar-refractivity contribution is 0.0734. The molecule has 0 radical (unpaired) electrons. The number of carbonyl (C=O) groups excluding carboxylic acids is 1. The zero-order valence-electron chi connectivity index (χ0n) is 12.2. The van der Waals surface area contributed by atoms with Gasteiger partial charge < -0.3 is 10.2 Å². The molecule has 1 heterocycles. The predicted octanol–water partition coefficient (Wildman–Crippen LogP) is 3.44. The van der Waals surface area contributed by atoms with E-state index in [1.165, 1.54) is 5.56 Å². The van der Waals surface area contributed by atoms with Gasteiger partial charge in [-0.2, -0.15) is 0 Å². The van der Waals surface area contributed by atoms with Crippen molar-refractivity contribution in [1.29, 1.82) is 0 Å². The quantitative estimate of drug-likeness (QED) is 0.899. The summed E-state index contributed by atoms with van der Waals surface area (Å²) in [6, 6.07) is 6.46. The van der Waals surface area contributed by atoms with E-state index in [4.69, 9.17) is 0 Å². The molecular weight excluding hydrogens is 236 g/mol. The number of hydrogen-bond acceptors (Lipinski definition) is 2. The largest absolute Gasteiger partial charge is 0.385 e. The molecular formula is C16H24N2O. The van der Waals surface area contributed by atoms with Crippen LogP contribution in [-0.2, 0) is 0 Å². The normalized spacial score (nSPS) is 18.7. The highest BCUT2D eigenvalue weighted by molar-refractivity contribution is 6.00. The molecule has 1 N–H and O–H groups in total. The molecule has 0 aliphatic carbocycles. The van der Waals surface area contributed by atoms with E-state index in [0.29, 0.717) is 6.04 Å². The van der Waals surface area contributed by atoms with Crippen molar-refractivity contribution in [3.05, 3.63) is 29.3 Å².